The van der Waals surface area contributed by atoms with E-state index in [4.69, 9.17) is 27.9 Å². The lowest BCUT2D eigenvalue weighted by Crippen LogP contribution is -2.28. The Bertz CT molecular complexity index is 796. The van der Waals surface area contributed by atoms with Gasteiger partial charge in [0.25, 0.3) is 11.8 Å². The van der Waals surface area contributed by atoms with Crippen LogP contribution < -0.4 is 4.74 Å². The number of benzene rings is 1. The van der Waals surface area contributed by atoms with Crippen molar-refractivity contribution in [1.29, 1.82) is 0 Å². The van der Waals surface area contributed by atoms with Gasteiger partial charge < -0.3 is 4.74 Å². The largest absolute Gasteiger partial charge is 0.488 e. The number of amides is 2. The smallest absolute Gasteiger partial charge is 0.254 e. The van der Waals surface area contributed by atoms with Gasteiger partial charge in [-0.2, -0.15) is 10.1 Å². The lowest BCUT2D eigenvalue weighted by molar-refractivity contribution is -0.140. The van der Waals surface area contributed by atoms with Gasteiger partial charge in [-0.25, -0.2) is 0 Å². The molecule has 2 amide bonds. The molecule has 0 radical (unpaired) electrons. The van der Waals surface area contributed by atoms with Gasteiger partial charge in [-0.1, -0.05) is 35.4 Å². The van der Waals surface area contributed by atoms with Crippen LogP contribution in [0, 0.1) is 23.7 Å². The van der Waals surface area contributed by atoms with Crippen molar-refractivity contribution in [3.8, 4) is 5.75 Å². The number of carbonyl (C=O) groups is 2. The number of allylic oxidation sites excluding steroid dienone is 2. The summed E-state index contributed by atoms with van der Waals surface area (Å²) >= 11 is 12.5. The van der Waals surface area contributed by atoms with E-state index in [1.54, 1.807) is 12.1 Å². The lowest BCUT2D eigenvalue weighted by Gasteiger charge is -2.14. The molecule has 0 spiro atoms. The van der Waals surface area contributed by atoms with Crippen LogP contribution in [0.5, 0.6) is 5.75 Å². The number of nitrogens with zero attached hydrogens (tertiary/aromatic N) is 2. The van der Waals surface area contributed by atoms with Crippen LogP contribution in [0.25, 0.3) is 0 Å². The highest BCUT2D eigenvalue weighted by Crippen LogP contribution is 2.52. The van der Waals surface area contributed by atoms with Crippen LogP contribution in [0.4, 0.5) is 0 Å². The van der Waals surface area contributed by atoms with Crippen LogP contribution in [0.15, 0.2) is 29.4 Å². The minimum Gasteiger partial charge on any atom is -0.488 e. The van der Waals surface area contributed by atoms with Crippen molar-refractivity contribution in [2.45, 2.75) is 26.4 Å². The second-order valence-electron chi connectivity index (χ2n) is 7.21. The Morgan fingerprint density at radius 2 is 1.65 bits per heavy atom. The molecule has 2 bridgehead atoms. The van der Waals surface area contributed by atoms with E-state index in [-0.39, 0.29) is 41.6 Å². The lowest BCUT2D eigenvalue weighted by atomic mass is 9.85. The van der Waals surface area contributed by atoms with Gasteiger partial charge in [0, 0.05) is 0 Å². The maximum atomic E-state index is 12.6. The zero-order valence-corrected chi connectivity index (χ0v) is 15.9. The molecule has 4 atom stereocenters. The topological polar surface area (TPSA) is 59.0 Å². The molecule has 5 nitrogen and oxygen atoms in total. The SMILES string of the molecule is CC(C)Oc1c(Cl)cc(C=NN2C(=O)[C@@H]3[C@H](C2=O)[C@H]2C=C[C@H]3C2)cc1Cl. The van der Waals surface area contributed by atoms with Gasteiger partial charge in [-0.15, -0.1) is 0 Å². The summed E-state index contributed by atoms with van der Waals surface area (Å²) in [5.41, 5.74) is 0.592. The quantitative estimate of drug-likeness (QED) is 0.443. The molecule has 4 rings (SSSR count). The highest BCUT2D eigenvalue weighted by atomic mass is 35.5. The fourth-order valence-electron chi connectivity index (χ4n) is 4.13. The maximum Gasteiger partial charge on any atom is 0.254 e. The molecule has 1 aliphatic heterocycles. The molecule has 0 aromatic heterocycles. The molecule has 1 heterocycles. The van der Waals surface area contributed by atoms with E-state index in [1.165, 1.54) is 6.21 Å². The van der Waals surface area contributed by atoms with Crippen LogP contribution >= 0.6 is 23.2 Å². The Kier molecular flexibility index (Phi) is 4.32. The molecular formula is C19H18Cl2N2O3. The number of fused-ring (bicyclic) bond motifs is 5. The molecule has 2 aliphatic carbocycles. The minimum atomic E-state index is -0.261. The summed E-state index contributed by atoms with van der Waals surface area (Å²) in [6, 6.07) is 3.29. The van der Waals surface area contributed by atoms with Crippen molar-refractivity contribution in [3.05, 3.63) is 39.9 Å². The van der Waals surface area contributed by atoms with E-state index in [1.807, 2.05) is 13.8 Å². The van der Waals surface area contributed by atoms with Crippen molar-refractivity contribution in [1.82, 2.24) is 5.01 Å². The number of halogens is 2. The Hall–Kier alpha value is -1.85. The predicted octanol–water partition coefficient (Wildman–Crippen LogP) is 3.92. The van der Waals surface area contributed by atoms with E-state index < -0.39 is 0 Å². The molecule has 7 heteroatoms. The van der Waals surface area contributed by atoms with Gasteiger partial charge in [-0.05, 0) is 49.8 Å². The molecule has 1 aromatic carbocycles. The average molecular weight is 393 g/mol. The fraction of sp³-hybridized carbons (Fsp3) is 0.421. The highest BCUT2D eigenvalue weighted by Gasteiger charge is 2.59. The van der Waals surface area contributed by atoms with E-state index in [0.29, 0.717) is 21.4 Å². The fourth-order valence-corrected chi connectivity index (χ4v) is 4.72. The zero-order valence-electron chi connectivity index (χ0n) is 14.4. The second kappa shape index (κ2) is 6.39. The molecule has 1 saturated heterocycles. The van der Waals surface area contributed by atoms with Gasteiger partial charge in [0.05, 0.1) is 34.2 Å². The molecule has 2 fully saturated rings. The molecule has 3 aliphatic rings. The first-order valence-corrected chi connectivity index (χ1v) is 9.38. The first-order chi connectivity index (χ1) is 12.4. The van der Waals surface area contributed by atoms with E-state index in [0.717, 1.165) is 11.4 Å². The Morgan fingerprint density at radius 1 is 1.12 bits per heavy atom. The number of hydrogen-bond donors (Lipinski definition) is 0. The van der Waals surface area contributed by atoms with Crippen LogP contribution in [0.2, 0.25) is 10.0 Å². The first-order valence-electron chi connectivity index (χ1n) is 8.62. The minimum absolute atomic E-state index is 0.0623. The van der Waals surface area contributed by atoms with E-state index in [9.17, 15) is 9.59 Å². The third-order valence-corrected chi connectivity index (χ3v) is 5.71. The summed E-state index contributed by atoms with van der Waals surface area (Å²) in [5, 5.41) is 5.84. The number of carbonyl (C=O) groups excluding carboxylic acids is 2. The van der Waals surface area contributed by atoms with Crippen molar-refractivity contribution < 1.29 is 14.3 Å². The van der Waals surface area contributed by atoms with Gasteiger partial charge in [-0.3, -0.25) is 9.59 Å². The Labute approximate surface area is 161 Å². The van der Waals surface area contributed by atoms with Crippen molar-refractivity contribution in [2.75, 3.05) is 0 Å². The molecule has 0 unspecified atom stereocenters. The first kappa shape index (κ1) is 17.6. The van der Waals surface area contributed by atoms with Gasteiger partial charge in [0.15, 0.2) is 5.75 Å². The maximum absolute atomic E-state index is 12.6. The number of imide groups is 1. The standard InChI is InChI=1S/C19H18Cl2N2O3/c1-9(2)26-17-13(20)5-10(6-14(17)21)8-22-23-18(24)15-11-3-4-12(7-11)16(15)19(23)25/h3-6,8-9,11-12,15-16H,7H2,1-2H3/t11-,12-,15-,16+/m0/s1. The van der Waals surface area contributed by atoms with Gasteiger partial charge >= 0.3 is 0 Å². The normalized spacial score (nSPS) is 29.5. The molecule has 26 heavy (non-hydrogen) atoms. The van der Waals surface area contributed by atoms with Crippen LogP contribution in [0.3, 0.4) is 0 Å². The Morgan fingerprint density at radius 3 is 2.15 bits per heavy atom. The van der Waals surface area contributed by atoms with Gasteiger partial charge in [0.1, 0.15) is 0 Å². The summed E-state index contributed by atoms with van der Waals surface area (Å²) in [6.45, 7) is 3.76. The molecule has 1 saturated carbocycles. The Balaban J connectivity index is 1.56. The second-order valence-corrected chi connectivity index (χ2v) is 8.03. The summed E-state index contributed by atoms with van der Waals surface area (Å²) < 4.78 is 5.59. The number of hydrazone groups is 1. The highest BCUT2D eigenvalue weighted by molar-refractivity contribution is 6.37. The average Bonchev–Trinajstić information content (AvgIpc) is 3.24. The third kappa shape index (κ3) is 2.74. The molecule has 136 valence electrons. The molecule has 1 aromatic rings. The van der Waals surface area contributed by atoms with Crippen molar-refractivity contribution in [2.24, 2.45) is 28.8 Å². The summed E-state index contributed by atoms with van der Waals surface area (Å²) in [6.07, 6.45) is 6.37. The number of rotatable bonds is 4. The summed E-state index contributed by atoms with van der Waals surface area (Å²) in [4.78, 5) is 25.2. The summed E-state index contributed by atoms with van der Waals surface area (Å²) in [5.74, 6) is -0.218. The predicted molar refractivity (Wildman–Crippen MR) is 99.4 cm³/mol. The molecule has 0 N–H and O–H groups in total. The van der Waals surface area contributed by atoms with Crippen molar-refractivity contribution >= 4 is 41.2 Å². The van der Waals surface area contributed by atoms with E-state index in [2.05, 4.69) is 17.3 Å². The molecular weight excluding hydrogens is 375 g/mol. The van der Waals surface area contributed by atoms with E-state index >= 15 is 0 Å². The van der Waals surface area contributed by atoms with Crippen LogP contribution in [-0.4, -0.2) is 29.1 Å². The number of ether oxygens (including phenoxy) is 1. The monoisotopic (exact) mass is 392 g/mol. The zero-order chi connectivity index (χ0) is 18.6. The van der Waals surface area contributed by atoms with Crippen LogP contribution in [0.1, 0.15) is 25.8 Å². The summed E-state index contributed by atoms with van der Waals surface area (Å²) in [7, 11) is 0. The third-order valence-electron chi connectivity index (χ3n) is 5.14. The van der Waals surface area contributed by atoms with Crippen LogP contribution in [-0.2, 0) is 9.59 Å². The number of hydrogen-bond acceptors (Lipinski definition) is 4. The van der Waals surface area contributed by atoms with Gasteiger partial charge in [0.2, 0.25) is 0 Å². The van der Waals surface area contributed by atoms with Crippen molar-refractivity contribution in [3.63, 3.8) is 0 Å².